The number of hydrogen-bond donors (Lipinski definition) is 1. The summed E-state index contributed by atoms with van der Waals surface area (Å²) in [6.07, 6.45) is 2.48. The van der Waals surface area contributed by atoms with Gasteiger partial charge in [-0.3, -0.25) is 9.69 Å². The van der Waals surface area contributed by atoms with Crippen LogP contribution in [0, 0.1) is 0 Å². The summed E-state index contributed by atoms with van der Waals surface area (Å²) in [5.74, 6) is 0.220. The molecule has 3 unspecified atom stereocenters. The lowest BCUT2D eigenvalue weighted by Crippen LogP contribution is -2.56. The van der Waals surface area contributed by atoms with Gasteiger partial charge in [0.1, 0.15) is 0 Å². The summed E-state index contributed by atoms with van der Waals surface area (Å²) in [5.41, 5.74) is 5.93. The SMILES string of the molecule is CCCC(N)CC(=O)N1CC(C)N(C)C(C)C1. The molecule has 4 nitrogen and oxygen atoms in total. The highest BCUT2D eigenvalue weighted by Gasteiger charge is 2.29. The van der Waals surface area contributed by atoms with Gasteiger partial charge in [-0.25, -0.2) is 0 Å². The smallest absolute Gasteiger partial charge is 0.224 e. The van der Waals surface area contributed by atoms with Crippen LogP contribution in [-0.2, 0) is 4.79 Å². The first-order chi connectivity index (χ1) is 7.95. The summed E-state index contributed by atoms with van der Waals surface area (Å²) in [4.78, 5) is 16.4. The van der Waals surface area contributed by atoms with Crippen molar-refractivity contribution in [3.05, 3.63) is 0 Å². The Hall–Kier alpha value is -0.610. The van der Waals surface area contributed by atoms with Crippen LogP contribution >= 0.6 is 0 Å². The van der Waals surface area contributed by atoms with Crippen LogP contribution < -0.4 is 5.73 Å². The van der Waals surface area contributed by atoms with Crippen molar-refractivity contribution in [2.45, 2.75) is 58.2 Å². The van der Waals surface area contributed by atoms with Crippen molar-refractivity contribution in [2.24, 2.45) is 5.73 Å². The van der Waals surface area contributed by atoms with Crippen LogP contribution in [0.5, 0.6) is 0 Å². The van der Waals surface area contributed by atoms with E-state index in [1.165, 1.54) is 0 Å². The molecular formula is C13H27N3O. The maximum absolute atomic E-state index is 12.1. The maximum Gasteiger partial charge on any atom is 0.224 e. The van der Waals surface area contributed by atoms with Crippen molar-refractivity contribution in [1.29, 1.82) is 0 Å². The van der Waals surface area contributed by atoms with Crippen molar-refractivity contribution in [1.82, 2.24) is 9.80 Å². The van der Waals surface area contributed by atoms with Gasteiger partial charge in [0.05, 0.1) is 0 Å². The van der Waals surface area contributed by atoms with E-state index in [0.717, 1.165) is 25.9 Å². The third-order valence-corrected chi connectivity index (χ3v) is 3.81. The topological polar surface area (TPSA) is 49.6 Å². The molecule has 1 amide bonds. The zero-order valence-electron chi connectivity index (χ0n) is 11.6. The van der Waals surface area contributed by atoms with E-state index in [1.54, 1.807) is 0 Å². The molecule has 0 saturated carbocycles. The van der Waals surface area contributed by atoms with E-state index in [9.17, 15) is 4.79 Å². The molecule has 0 spiro atoms. The quantitative estimate of drug-likeness (QED) is 0.800. The molecule has 1 saturated heterocycles. The molecule has 0 radical (unpaired) electrons. The van der Waals surface area contributed by atoms with Gasteiger partial charge in [0, 0.05) is 37.6 Å². The summed E-state index contributed by atoms with van der Waals surface area (Å²) in [6, 6.07) is 0.896. The van der Waals surface area contributed by atoms with Crippen molar-refractivity contribution >= 4 is 5.91 Å². The number of carbonyl (C=O) groups is 1. The second-order valence-electron chi connectivity index (χ2n) is 5.42. The molecule has 17 heavy (non-hydrogen) atoms. The standard InChI is InChI=1S/C13H27N3O/c1-5-6-12(14)7-13(17)16-8-10(2)15(4)11(3)9-16/h10-12H,5-9,14H2,1-4H3. The van der Waals surface area contributed by atoms with E-state index in [0.29, 0.717) is 18.5 Å². The lowest BCUT2D eigenvalue weighted by molar-refractivity contribution is -0.135. The molecule has 1 heterocycles. The van der Waals surface area contributed by atoms with Gasteiger partial charge in [0.15, 0.2) is 0 Å². The number of piperazine rings is 1. The maximum atomic E-state index is 12.1. The third-order valence-electron chi connectivity index (χ3n) is 3.81. The highest BCUT2D eigenvalue weighted by molar-refractivity contribution is 5.77. The molecule has 1 rings (SSSR count). The van der Waals surface area contributed by atoms with E-state index in [4.69, 9.17) is 5.73 Å². The van der Waals surface area contributed by atoms with Crippen LogP contribution in [0.3, 0.4) is 0 Å². The minimum absolute atomic E-state index is 0.0257. The summed E-state index contributed by atoms with van der Waals surface area (Å²) in [5, 5.41) is 0. The Labute approximate surface area is 105 Å². The number of likely N-dealkylation sites (N-methyl/N-ethyl adjacent to an activating group) is 1. The van der Waals surface area contributed by atoms with Gasteiger partial charge < -0.3 is 10.6 Å². The van der Waals surface area contributed by atoms with E-state index < -0.39 is 0 Å². The summed E-state index contributed by atoms with van der Waals surface area (Å²) < 4.78 is 0. The molecule has 0 aromatic rings. The van der Waals surface area contributed by atoms with E-state index in [2.05, 4.69) is 32.7 Å². The van der Waals surface area contributed by atoms with E-state index >= 15 is 0 Å². The van der Waals surface area contributed by atoms with Crippen LogP contribution in [0.15, 0.2) is 0 Å². The van der Waals surface area contributed by atoms with Gasteiger partial charge in [-0.15, -0.1) is 0 Å². The number of nitrogens with two attached hydrogens (primary N) is 1. The fourth-order valence-electron chi connectivity index (χ4n) is 2.43. The minimum Gasteiger partial charge on any atom is -0.340 e. The summed E-state index contributed by atoms with van der Waals surface area (Å²) in [7, 11) is 2.12. The highest BCUT2D eigenvalue weighted by Crippen LogP contribution is 2.15. The molecule has 0 aliphatic carbocycles. The Kier molecular flexibility index (Phi) is 5.40. The van der Waals surface area contributed by atoms with Gasteiger partial charge in [-0.1, -0.05) is 13.3 Å². The van der Waals surface area contributed by atoms with Crippen LogP contribution in [0.1, 0.15) is 40.0 Å². The van der Waals surface area contributed by atoms with Gasteiger partial charge in [0.25, 0.3) is 0 Å². The summed E-state index contributed by atoms with van der Waals surface area (Å²) in [6.45, 7) is 8.10. The molecular weight excluding hydrogens is 214 g/mol. The first kappa shape index (κ1) is 14.5. The van der Waals surface area contributed by atoms with Crippen LogP contribution in [-0.4, -0.2) is 54.0 Å². The Morgan fingerprint density at radius 2 is 1.88 bits per heavy atom. The number of nitrogens with zero attached hydrogens (tertiary/aromatic N) is 2. The molecule has 1 aliphatic heterocycles. The van der Waals surface area contributed by atoms with Crippen molar-refractivity contribution in [2.75, 3.05) is 20.1 Å². The molecule has 0 aromatic heterocycles. The molecule has 100 valence electrons. The molecule has 1 aliphatic rings. The Morgan fingerprint density at radius 3 is 2.35 bits per heavy atom. The largest absolute Gasteiger partial charge is 0.340 e. The zero-order valence-corrected chi connectivity index (χ0v) is 11.6. The Bertz CT molecular complexity index is 245. The molecule has 0 bridgehead atoms. The molecule has 3 atom stereocenters. The first-order valence-corrected chi connectivity index (χ1v) is 6.71. The van der Waals surface area contributed by atoms with Crippen molar-refractivity contribution in [3.63, 3.8) is 0 Å². The van der Waals surface area contributed by atoms with E-state index in [1.807, 2.05) is 4.90 Å². The average Bonchev–Trinajstić information content (AvgIpc) is 2.25. The Morgan fingerprint density at radius 1 is 1.35 bits per heavy atom. The second-order valence-corrected chi connectivity index (χ2v) is 5.42. The van der Waals surface area contributed by atoms with Crippen LogP contribution in [0.4, 0.5) is 0 Å². The fourth-order valence-corrected chi connectivity index (χ4v) is 2.43. The highest BCUT2D eigenvalue weighted by atomic mass is 16.2. The molecule has 2 N–H and O–H groups in total. The lowest BCUT2D eigenvalue weighted by Gasteiger charge is -2.42. The van der Waals surface area contributed by atoms with Gasteiger partial charge in [-0.05, 0) is 27.3 Å². The zero-order chi connectivity index (χ0) is 13.0. The molecule has 4 heteroatoms. The van der Waals surface area contributed by atoms with Crippen molar-refractivity contribution in [3.8, 4) is 0 Å². The Balaban J connectivity index is 2.47. The normalized spacial score (nSPS) is 28.2. The fraction of sp³-hybridized carbons (Fsp3) is 0.923. The second kappa shape index (κ2) is 6.36. The van der Waals surface area contributed by atoms with Crippen LogP contribution in [0.25, 0.3) is 0 Å². The van der Waals surface area contributed by atoms with E-state index in [-0.39, 0.29) is 11.9 Å². The minimum atomic E-state index is 0.0257. The monoisotopic (exact) mass is 241 g/mol. The van der Waals surface area contributed by atoms with Crippen LogP contribution in [0.2, 0.25) is 0 Å². The molecule has 1 fully saturated rings. The van der Waals surface area contributed by atoms with Gasteiger partial charge >= 0.3 is 0 Å². The summed E-state index contributed by atoms with van der Waals surface area (Å²) >= 11 is 0. The average molecular weight is 241 g/mol. The number of hydrogen-bond acceptors (Lipinski definition) is 3. The van der Waals surface area contributed by atoms with Crippen molar-refractivity contribution < 1.29 is 4.79 Å². The first-order valence-electron chi connectivity index (χ1n) is 6.71. The lowest BCUT2D eigenvalue weighted by atomic mass is 10.1. The number of amides is 1. The number of rotatable bonds is 4. The van der Waals surface area contributed by atoms with Gasteiger partial charge in [0.2, 0.25) is 5.91 Å². The number of carbonyl (C=O) groups excluding carboxylic acids is 1. The predicted octanol–water partition coefficient (Wildman–Crippen LogP) is 1.05. The molecule has 0 aromatic carbocycles. The predicted molar refractivity (Wildman–Crippen MR) is 70.8 cm³/mol. The van der Waals surface area contributed by atoms with Gasteiger partial charge in [-0.2, -0.15) is 0 Å². The third kappa shape index (κ3) is 3.96.